The zero-order valence-corrected chi connectivity index (χ0v) is 17.6. The molecule has 4 rings (SSSR count). The molecule has 0 spiro atoms. The van der Waals surface area contributed by atoms with Crippen molar-refractivity contribution < 1.29 is 19.1 Å². The molecule has 0 N–H and O–H groups in total. The summed E-state index contributed by atoms with van der Waals surface area (Å²) < 4.78 is 5.28. The van der Waals surface area contributed by atoms with E-state index in [1.54, 1.807) is 12.1 Å². The van der Waals surface area contributed by atoms with Gasteiger partial charge in [0.2, 0.25) is 0 Å². The van der Waals surface area contributed by atoms with Gasteiger partial charge in [-0.25, -0.2) is 14.7 Å². The lowest BCUT2D eigenvalue weighted by Crippen LogP contribution is -2.30. The first kappa shape index (κ1) is 20.6. The highest BCUT2D eigenvalue weighted by Crippen LogP contribution is 2.42. The van der Waals surface area contributed by atoms with E-state index in [9.17, 15) is 14.4 Å². The number of anilines is 1. The van der Waals surface area contributed by atoms with E-state index in [1.165, 1.54) is 12.1 Å². The van der Waals surface area contributed by atoms with Crippen LogP contribution < -0.4 is 4.90 Å². The molecule has 0 radical (unpaired) electrons. The zero-order chi connectivity index (χ0) is 21.4. The fraction of sp³-hybridized carbons (Fsp3) is 0.143. The maximum Gasteiger partial charge on any atom is 0.358 e. The summed E-state index contributed by atoms with van der Waals surface area (Å²) in [6.45, 7) is 0.0237. The monoisotopic (exact) mass is 462 g/mol. The van der Waals surface area contributed by atoms with E-state index < -0.39 is 17.8 Å². The summed E-state index contributed by atoms with van der Waals surface area (Å²) in [4.78, 5) is 43.0. The van der Waals surface area contributed by atoms with Crippen LogP contribution in [0.2, 0.25) is 15.2 Å². The number of fused-ring (bicyclic) bond motifs is 1. The molecule has 6 nitrogen and oxygen atoms in total. The van der Waals surface area contributed by atoms with Gasteiger partial charge in [0.25, 0.3) is 11.8 Å². The molecule has 2 heterocycles. The number of ether oxygens (including phenoxy) is 1. The van der Waals surface area contributed by atoms with Gasteiger partial charge in [-0.2, -0.15) is 0 Å². The third kappa shape index (κ3) is 3.51. The molecule has 2 aromatic rings. The van der Waals surface area contributed by atoms with Gasteiger partial charge >= 0.3 is 5.97 Å². The topological polar surface area (TPSA) is 76.6 Å². The number of amides is 2. The first-order chi connectivity index (χ1) is 14.4. The number of nitrogens with zero attached hydrogens (tertiary/aromatic N) is 2. The van der Waals surface area contributed by atoms with Crippen molar-refractivity contribution >= 4 is 58.3 Å². The van der Waals surface area contributed by atoms with E-state index in [1.807, 2.05) is 18.2 Å². The third-order valence-electron chi connectivity index (χ3n) is 4.67. The van der Waals surface area contributed by atoms with Crippen molar-refractivity contribution in [3.05, 3.63) is 80.1 Å². The van der Waals surface area contributed by atoms with Crippen molar-refractivity contribution in [1.82, 2.24) is 4.98 Å². The normalized spacial score (nSPS) is 15.3. The Morgan fingerprint density at radius 2 is 1.70 bits per heavy atom. The maximum atomic E-state index is 12.8. The second-order valence-electron chi connectivity index (χ2n) is 6.55. The summed E-state index contributed by atoms with van der Waals surface area (Å²) in [5.41, 5.74) is 0.697. The lowest BCUT2D eigenvalue weighted by atomic mass is 10.1. The van der Waals surface area contributed by atoms with Gasteiger partial charge in [0.15, 0.2) is 10.8 Å². The van der Waals surface area contributed by atoms with Gasteiger partial charge in [-0.3, -0.25) is 9.59 Å². The van der Waals surface area contributed by atoms with Crippen LogP contribution in [0, 0.1) is 0 Å². The van der Waals surface area contributed by atoms with Crippen LogP contribution in [0.3, 0.4) is 0 Å². The summed E-state index contributed by atoms with van der Waals surface area (Å²) in [5, 5.41) is -0.793. The summed E-state index contributed by atoms with van der Waals surface area (Å²) in [5.74, 6) is -2.10. The maximum absolute atomic E-state index is 12.8. The number of allylic oxidation sites excluding steroid dienone is 2. The van der Waals surface area contributed by atoms with E-state index in [0.717, 1.165) is 23.3 Å². The average Bonchev–Trinajstić information content (AvgIpc) is 3.01. The number of halogens is 3. The Morgan fingerprint density at radius 1 is 1.03 bits per heavy atom. The van der Waals surface area contributed by atoms with Crippen molar-refractivity contribution in [3.63, 3.8) is 0 Å². The molecule has 30 heavy (non-hydrogen) atoms. The largest absolute Gasteiger partial charge is 0.456 e. The number of hydrogen-bond acceptors (Lipinski definition) is 5. The Balaban J connectivity index is 1.70. The fourth-order valence-corrected chi connectivity index (χ4v) is 3.96. The highest BCUT2D eigenvalue weighted by molar-refractivity contribution is 6.49. The smallest absolute Gasteiger partial charge is 0.358 e. The molecule has 9 heteroatoms. The number of imide groups is 1. The molecule has 2 aliphatic rings. The molecule has 1 aromatic carbocycles. The van der Waals surface area contributed by atoms with E-state index in [4.69, 9.17) is 39.5 Å². The molecule has 0 saturated carbocycles. The van der Waals surface area contributed by atoms with Gasteiger partial charge in [0.05, 0.1) is 21.8 Å². The molecule has 1 aromatic heterocycles. The van der Waals surface area contributed by atoms with Crippen molar-refractivity contribution in [2.75, 3.05) is 11.5 Å². The number of aromatic nitrogens is 1. The Hall–Kier alpha value is -2.67. The number of benzene rings is 1. The number of rotatable bonds is 4. The Kier molecular flexibility index (Phi) is 5.64. The lowest BCUT2D eigenvalue weighted by molar-refractivity contribution is 0.0535. The Bertz CT molecular complexity index is 1120. The lowest BCUT2D eigenvalue weighted by Gasteiger charge is -2.19. The van der Waals surface area contributed by atoms with Gasteiger partial charge in [0, 0.05) is 0 Å². The molecule has 1 aliphatic carbocycles. The van der Waals surface area contributed by atoms with Crippen LogP contribution in [-0.4, -0.2) is 29.4 Å². The van der Waals surface area contributed by atoms with E-state index in [-0.39, 0.29) is 44.3 Å². The number of carbonyl (C=O) groups excluding carboxylic acids is 3. The Labute approximate surface area is 186 Å². The fourth-order valence-electron chi connectivity index (χ4n) is 3.22. The molecule has 0 bridgehead atoms. The van der Waals surface area contributed by atoms with Crippen molar-refractivity contribution in [2.45, 2.75) is 12.8 Å². The molecule has 0 fully saturated rings. The predicted molar refractivity (Wildman–Crippen MR) is 114 cm³/mol. The number of hydrogen-bond donors (Lipinski definition) is 0. The van der Waals surface area contributed by atoms with E-state index in [2.05, 4.69) is 4.98 Å². The van der Waals surface area contributed by atoms with Crippen LogP contribution in [0.25, 0.3) is 0 Å². The predicted octanol–water partition coefficient (Wildman–Crippen LogP) is 5.28. The molecule has 0 unspecified atom stereocenters. The molecule has 0 atom stereocenters. The summed E-state index contributed by atoms with van der Waals surface area (Å²) in [6, 6.07) is 6.29. The second-order valence-corrected chi connectivity index (χ2v) is 7.67. The van der Waals surface area contributed by atoms with Crippen molar-refractivity contribution in [3.8, 4) is 0 Å². The molecule has 152 valence electrons. The molecule has 1 aliphatic heterocycles. The number of esters is 1. The van der Waals surface area contributed by atoms with Gasteiger partial charge in [0.1, 0.15) is 11.6 Å². The van der Waals surface area contributed by atoms with E-state index >= 15 is 0 Å². The van der Waals surface area contributed by atoms with Gasteiger partial charge in [-0.15, -0.1) is 0 Å². The third-order valence-corrected chi connectivity index (χ3v) is 5.75. The SMILES string of the molecule is O=C(OCC1=CCCC=C1)c1nc(Cl)c(Cl)c(N2C(=O)c3ccccc3C2=O)c1Cl. The number of pyridine rings is 1. The Morgan fingerprint density at radius 3 is 2.30 bits per heavy atom. The zero-order valence-electron chi connectivity index (χ0n) is 15.3. The standard InChI is InChI=1S/C21H13Cl3N2O4/c22-14-16(21(29)30-10-11-6-2-1-3-7-11)25-18(24)15(23)17(14)26-19(27)12-8-4-5-9-13(12)20(26)28/h2,4-9H,1,3,10H2. The summed E-state index contributed by atoms with van der Waals surface area (Å²) in [6.07, 6.45) is 7.60. The summed E-state index contributed by atoms with van der Waals surface area (Å²) in [7, 11) is 0. The van der Waals surface area contributed by atoms with Crippen LogP contribution in [-0.2, 0) is 4.74 Å². The molecule has 2 amide bonds. The van der Waals surface area contributed by atoms with E-state index in [0.29, 0.717) is 0 Å². The van der Waals surface area contributed by atoms with Gasteiger partial charge < -0.3 is 4.74 Å². The quantitative estimate of drug-likeness (QED) is 0.350. The molecular weight excluding hydrogens is 451 g/mol. The first-order valence-corrected chi connectivity index (χ1v) is 10.1. The minimum atomic E-state index is -0.851. The van der Waals surface area contributed by atoms with Gasteiger partial charge in [-0.1, -0.05) is 65.2 Å². The second kappa shape index (κ2) is 8.22. The minimum absolute atomic E-state index is 0.0237. The van der Waals surface area contributed by atoms with Crippen molar-refractivity contribution in [1.29, 1.82) is 0 Å². The van der Waals surface area contributed by atoms with Crippen LogP contribution in [0.1, 0.15) is 44.0 Å². The van der Waals surface area contributed by atoms with Crippen molar-refractivity contribution in [2.24, 2.45) is 0 Å². The van der Waals surface area contributed by atoms with Crippen LogP contribution in [0.5, 0.6) is 0 Å². The minimum Gasteiger partial charge on any atom is -0.456 e. The number of carbonyl (C=O) groups is 3. The first-order valence-electron chi connectivity index (χ1n) is 8.95. The molecule has 0 saturated heterocycles. The van der Waals surface area contributed by atoms with Crippen LogP contribution in [0.15, 0.2) is 48.1 Å². The highest BCUT2D eigenvalue weighted by atomic mass is 35.5. The molecular formula is C21H13Cl3N2O4. The summed E-state index contributed by atoms with van der Waals surface area (Å²) >= 11 is 18.7. The van der Waals surface area contributed by atoms with Crippen LogP contribution >= 0.6 is 34.8 Å². The van der Waals surface area contributed by atoms with Gasteiger partial charge in [-0.05, 0) is 30.5 Å². The average molecular weight is 464 g/mol. The van der Waals surface area contributed by atoms with Crippen LogP contribution in [0.4, 0.5) is 5.69 Å². The highest BCUT2D eigenvalue weighted by Gasteiger charge is 2.40.